The van der Waals surface area contributed by atoms with E-state index in [-0.39, 0.29) is 17.5 Å². The Hall–Kier alpha value is -3.21. The summed E-state index contributed by atoms with van der Waals surface area (Å²) in [7, 11) is -3.64. The molecule has 0 unspecified atom stereocenters. The number of nitrogens with one attached hydrogen (secondary N) is 2. The Morgan fingerprint density at radius 1 is 1.00 bits per heavy atom. The number of hydrogen-bond acceptors (Lipinski definition) is 5. The molecule has 0 saturated carbocycles. The molecule has 1 aliphatic rings. The van der Waals surface area contributed by atoms with Crippen LogP contribution in [-0.2, 0) is 27.7 Å². The summed E-state index contributed by atoms with van der Waals surface area (Å²) in [6.45, 7) is 1.99. The van der Waals surface area contributed by atoms with Crippen molar-refractivity contribution in [2.45, 2.75) is 17.9 Å². The normalized spacial score (nSPS) is 14.7. The Labute approximate surface area is 193 Å². The van der Waals surface area contributed by atoms with Gasteiger partial charge in [-0.3, -0.25) is 0 Å². The number of hydrogen-bond donors (Lipinski definition) is 2. The van der Waals surface area contributed by atoms with E-state index in [9.17, 15) is 13.2 Å². The van der Waals surface area contributed by atoms with E-state index in [4.69, 9.17) is 4.74 Å². The van der Waals surface area contributed by atoms with Gasteiger partial charge in [0, 0.05) is 38.6 Å². The summed E-state index contributed by atoms with van der Waals surface area (Å²) in [4.78, 5) is 12.5. The minimum atomic E-state index is -3.64. The van der Waals surface area contributed by atoms with Crippen LogP contribution in [0, 0.1) is 0 Å². The first-order valence-electron chi connectivity index (χ1n) is 10.8. The summed E-state index contributed by atoms with van der Waals surface area (Å²) < 4.78 is 34.5. The van der Waals surface area contributed by atoms with Crippen LogP contribution < -0.4 is 10.6 Å². The van der Waals surface area contributed by atoms with Crippen molar-refractivity contribution in [2.75, 3.05) is 32.8 Å². The minimum Gasteiger partial charge on any atom is -0.379 e. The summed E-state index contributed by atoms with van der Waals surface area (Å²) in [6, 6.07) is 16.2. The summed E-state index contributed by atoms with van der Waals surface area (Å²) in [6.07, 6.45) is 4.28. The van der Waals surface area contributed by atoms with Gasteiger partial charge in [-0.25, -0.2) is 17.9 Å². The number of carbonyl (C=O) groups is 1. The van der Waals surface area contributed by atoms with Crippen LogP contribution in [0.2, 0.25) is 0 Å². The monoisotopic (exact) mass is 469 g/mol. The number of aromatic nitrogens is 2. The Bertz CT molecular complexity index is 1160. The standard InChI is InChI=1S/C23H27N5O4S/c29-23(24-12-10-19-6-8-21(9-7-19)28-13-3-11-26-28)25-18-20-4-1-2-5-22(20)33(30,31)27-14-16-32-17-15-27/h1-9,11,13H,10,12,14-18H2,(H2,24,25,29). The molecule has 1 saturated heterocycles. The molecule has 9 nitrogen and oxygen atoms in total. The fraction of sp³-hybridized carbons (Fsp3) is 0.304. The van der Waals surface area contributed by atoms with Gasteiger partial charge in [-0.05, 0) is 41.8 Å². The highest BCUT2D eigenvalue weighted by molar-refractivity contribution is 7.89. The molecule has 3 aromatic rings. The van der Waals surface area contributed by atoms with E-state index in [0.29, 0.717) is 44.8 Å². The summed E-state index contributed by atoms with van der Waals surface area (Å²) in [5.74, 6) is 0. The number of morpholine rings is 1. The lowest BCUT2D eigenvalue weighted by molar-refractivity contribution is 0.0730. The van der Waals surface area contributed by atoms with Gasteiger partial charge in [0.05, 0.1) is 23.8 Å². The lowest BCUT2D eigenvalue weighted by Gasteiger charge is -2.27. The van der Waals surface area contributed by atoms with E-state index in [1.807, 2.05) is 36.5 Å². The average molecular weight is 470 g/mol. The van der Waals surface area contributed by atoms with Crippen molar-refractivity contribution in [1.82, 2.24) is 24.7 Å². The molecule has 10 heteroatoms. The van der Waals surface area contributed by atoms with Crippen molar-refractivity contribution in [3.63, 3.8) is 0 Å². The zero-order valence-corrected chi connectivity index (χ0v) is 19.0. The van der Waals surface area contributed by atoms with Crippen molar-refractivity contribution in [1.29, 1.82) is 0 Å². The second-order valence-corrected chi connectivity index (χ2v) is 9.51. The largest absolute Gasteiger partial charge is 0.379 e. The predicted molar refractivity (Wildman–Crippen MR) is 124 cm³/mol. The van der Waals surface area contributed by atoms with Gasteiger partial charge in [-0.2, -0.15) is 9.40 Å². The van der Waals surface area contributed by atoms with Crippen molar-refractivity contribution in [2.24, 2.45) is 0 Å². The van der Waals surface area contributed by atoms with E-state index in [1.54, 1.807) is 35.1 Å². The Balaban J connectivity index is 1.28. The van der Waals surface area contributed by atoms with Crippen LogP contribution in [0.4, 0.5) is 4.79 Å². The number of amides is 2. The van der Waals surface area contributed by atoms with E-state index in [1.165, 1.54) is 4.31 Å². The minimum absolute atomic E-state index is 0.115. The van der Waals surface area contributed by atoms with Gasteiger partial charge in [0.1, 0.15) is 0 Å². The third-order valence-corrected chi connectivity index (χ3v) is 7.40. The molecule has 2 aromatic carbocycles. The van der Waals surface area contributed by atoms with Crippen molar-refractivity contribution in [3.8, 4) is 5.69 Å². The fourth-order valence-electron chi connectivity index (χ4n) is 3.62. The van der Waals surface area contributed by atoms with E-state index >= 15 is 0 Å². The number of benzene rings is 2. The summed E-state index contributed by atoms with van der Waals surface area (Å²) >= 11 is 0. The van der Waals surface area contributed by atoms with Gasteiger partial charge in [-0.1, -0.05) is 30.3 Å². The van der Waals surface area contributed by atoms with Crippen LogP contribution in [0.25, 0.3) is 5.69 Å². The molecule has 2 amide bonds. The van der Waals surface area contributed by atoms with Crippen LogP contribution in [0.3, 0.4) is 0 Å². The number of ether oxygens (including phenoxy) is 1. The predicted octanol–water partition coefficient (Wildman–Crippen LogP) is 1.94. The average Bonchev–Trinajstić information content (AvgIpc) is 3.39. The molecule has 0 atom stereocenters. The second-order valence-electron chi connectivity index (χ2n) is 7.60. The maximum absolute atomic E-state index is 13.0. The highest BCUT2D eigenvalue weighted by Gasteiger charge is 2.28. The van der Waals surface area contributed by atoms with Gasteiger partial charge in [0.15, 0.2) is 0 Å². The first-order chi connectivity index (χ1) is 16.0. The Kier molecular flexibility index (Phi) is 7.38. The zero-order chi connectivity index (χ0) is 23.1. The van der Waals surface area contributed by atoms with Gasteiger partial charge in [0.25, 0.3) is 0 Å². The van der Waals surface area contributed by atoms with Crippen molar-refractivity contribution >= 4 is 16.1 Å². The maximum atomic E-state index is 13.0. The van der Waals surface area contributed by atoms with Crippen LogP contribution in [0.15, 0.2) is 71.9 Å². The quantitative estimate of drug-likeness (QED) is 0.525. The van der Waals surface area contributed by atoms with Crippen LogP contribution >= 0.6 is 0 Å². The summed E-state index contributed by atoms with van der Waals surface area (Å²) in [5.41, 5.74) is 2.61. The molecule has 0 bridgehead atoms. The number of sulfonamides is 1. The molecule has 4 rings (SSSR count). The number of nitrogens with zero attached hydrogens (tertiary/aromatic N) is 3. The van der Waals surface area contributed by atoms with Gasteiger partial charge >= 0.3 is 6.03 Å². The Morgan fingerprint density at radius 2 is 1.76 bits per heavy atom. The highest BCUT2D eigenvalue weighted by atomic mass is 32.2. The van der Waals surface area contributed by atoms with Crippen LogP contribution in [-0.4, -0.2) is 61.4 Å². The molecule has 0 radical (unpaired) electrons. The van der Waals surface area contributed by atoms with Gasteiger partial charge in [0.2, 0.25) is 10.0 Å². The van der Waals surface area contributed by atoms with Crippen LogP contribution in [0.1, 0.15) is 11.1 Å². The smallest absolute Gasteiger partial charge is 0.315 e. The molecule has 0 spiro atoms. The first kappa shape index (κ1) is 23.0. The molecule has 0 aliphatic carbocycles. The van der Waals surface area contributed by atoms with Crippen LogP contribution in [0.5, 0.6) is 0 Å². The third kappa shape index (κ3) is 5.78. The molecule has 1 aromatic heterocycles. The lowest BCUT2D eigenvalue weighted by Crippen LogP contribution is -2.41. The Morgan fingerprint density at radius 3 is 2.48 bits per heavy atom. The number of urea groups is 1. The molecule has 33 heavy (non-hydrogen) atoms. The molecule has 174 valence electrons. The molecule has 2 heterocycles. The molecule has 2 N–H and O–H groups in total. The lowest BCUT2D eigenvalue weighted by atomic mass is 10.1. The van der Waals surface area contributed by atoms with E-state index < -0.39 is 10.0 Å². The zero-order valence-electron chi connectivity index (χ0n) is 18.2. The van der Waals surface area contributed by atoms with Crippen molar-refractivity contribution < 1.29 is 17.9 Å². The fourth-order valence-corrected chi connectivity index (χ4v) is 5.25. The van der Waals surface area contributed by atoms with E-state index in [0.717, 1.165) is 11.3 Å². The second kappa shape index (κ2) is 10.6. The van der Waals surface area contributed by atoms with E-state index in [2.05, 4.69) is 15.7 Å². The molecular weight excluding hydrogens is 442 g/mol. The highest BCUT2D eigenvalue weighted by Crippen LogP contribution is 2.21. The molecule has 1 fully saturated rings. The van der Waals surface area contributed by atoms with Crippen molar-refractivity contribution in [3.05, 3.63) is 78.1 Å². The topological polar surface area (TPSA) is 106 Å². The first-order valence-corrected chi connectivity index (χ1v) is 12.2. The maximum Gasteiger partial charge on any atom is 0.315 e. The van der Waals surface area contributed by atoms with Gasteiger partial charge < -0.3 is 15.4 Å². The molecule has 1 aliphatic heterocycles. The number of carbonyl (C=O) groups excluding carboxylic acids is 1. The SMILES string of the molecule is O=C(NCCc1ccc(-n2cccn2)cc1)NCc1ccccc1S(=O)(=O)N1CCOCC1. The third-order valence-electron chi connectivity index (χ3n) is 5.40. The summed E-state index contributed by atoms with van der Waals surface area (Å²) in [5, 5.41) is 9.78. The number of rotatable bonds is 8. The van der Waals surface area contributed by atoms with Gasteiger partial charge in [-0.15, -0.1) is 0 Å². The molecular formula is C23H27N5O4S.